The Balaban J connectivity index is 3.18. The van der Waals surface area contributed by atoms with Crippen molar-refractivity contribution in [2.45, 2.75) is 26.7 Å². The molecule has 0 spiro atoms. The summed E-state index contributed by atoms with van der Waals surface area (Å²) in [5, 5.41) is 20.5. The fraction of sp³-hybridized carbons (Fsp3) is 0.571. The standard InChI is InChI=1S/C14H22N2O4/c1-3-8-15(9-10-17)12-6-5-7-13(20-11-4-2)14(12)16(18)19/h5-7,17H,3-4,8-11H2,1-2H3. The highest BCUT2D eigenvalue weighted by molar-refractivity contribution is 5.69. The monoisotopic (exact) mass is 282 g/mol. The molecule has 0 aliphatic heterocycles. The lowest BCUT2D eigenvalue weighted by atomic mass is 10.2. The van der Waals surface area contributed by atoms with Gasteiger partial charge in [0, 0.05) is 13.1 Å². The summed E-state index contributed by atoms with van der Waals surface area (Å²) in [7, 11) is 0. The number of rotatable bonds is 9. The molecule has 0 amide bonds. The topological polar surface area (TPSA) is 75.8 Å². The maximum Gasteiger partial charge on any atom is 0.333 e. The van der Waals surface area contributed by atoms with Crippen LogP contribution >= 0.6 is 0 Å². The number of anilines is 1. The van der Waals surface area contributed by atoms with Gasteiger partial charge in [-0.3, -0.25) is 10.1 Å². The molecular formula is C14H22N2O4. The zero-order valence-electron chi connectivity index (χ0n) is 12.0. The molecule has 1 aromatic rings. The summed E-state index contributed by atoms with van der Waals surface area (Å²) >= 11 is 0. The van der Waals surface area contributed by atoms with Gasteiger partial charge in [0.05, 0.1) is 18.1 Å². The number of ether oxygens (including phenoxy) is 1. The molecule has 0 unspecified atom stereocenters. The van der Waals surface area contributed by atoms with E-state index in [2.05, 4.69) is 0 Å². The van der Waals surface area contributed by atoms with Gasteiger partial charge in [0.1, 0.15) is 5.69 Å². The molecule has 1 N–H and O–H groups in total. The molecule has 0 fully saturated rings. The zero-order chi connectivity index (χ0) is 15.0. The van der Waals surface area contributed by atoms with E-state index in [1.165, 1.54) is 0 Å². The van der Waals surface area contributed by atoms with Crippen LogP contribution in [0.25, 0.3) is 0 Å². The van der Waals surface area contributed by atoms with Gasteiger partial charge >= 0.3 is 5.69 Å². The molecule has 0 aromatic heterocycles. The Bertz CT molecular complexity index is 431. The highest BCUT2D eigenvalue weighted by atomic mass is 16.6. The van der Waals surface area contributed by atoms with Gasteiger partial charge in [0.25, 0.3) is 0 Å². The van der Waals surface area contributed by atoms with E-state index >= 15 is 0 Å². The minimum Gasteiger partial charge on any atom is -0.487 e. The van der Waals surface area contributed by atoms with E-state index in [9.17, 15) is 10.1 Å². The molecule has 1 rings (SSSR count). The summed E-state index contributed by atoms with van der Waals surface area (Å²) in [5.74, 6) is 0.286. The first-order valence-corrected chi connectivity index (χ1v) is 6.91. The summed E-state index contributed by atoms with van der Waals surface area (Å²) < 4.78 is 5.46. The van der Waals surface area contributed by atoms with Crippen LogP contribution in [-0.4, -0.2) is 36.3 Å². The largest absolute Gasteiger partial charge is 0.487 e. The SMILES string of the molecule is CCCOc1cccc(N(CCC)CCO)c1[N+](=O)[O-]. The van der Waals surface area contributed by atoms with Gasteiger partial charge in [-0.2, -0.15) is 0 Å². The average Bonchev–Trinajstić information content (AvgIpc) is 2.44. The molecule has 0 saturated heterocycles. The first-order valence-electron chi connectivity index (χ1n) is 6.91. The third kappa shape index (κ3) is 4.09. The molecular weight excluding hydrogens is 260 g/mol. The normalized spacial score (nSPS) is 10.3. The molecule has 6 nitrogen and oxygen atoms in total. The Morgan fingerprint density at radius 2 is 2.05 bits per heavy atom. The highest BCUT2D eigenvalue weighted by Gasteiger charge is 2.24. The molecule has 6 heteroatoms. The van der Waals surface area contributed by atoms with Crippen molar-refractivity contribution in [3.63, 3.8) is 0 Å². The van der Waals surface area contributed by atoms with Crippen molar-refractivity contribution in [3.8, 4) is 5.75 Å². The summed E-state index contributed by atoms with van der Waals surface area (Å²) in [6, 6.07) is 5.05. The summed E-state index contributed by atoms with van der Waals surface area (Å²) in [4.78, 5) is 12.8. The number of nitro groups is 1. The van der Waals surface area contributed by atoms with Crippen molar-refractivity contribution in [3.05, 3.63) is 28.3 Å². The Kier molecular flexibility index (Phi) is 6.79. The summed E-state index contributed by atoms with van der Waals surface area (Å²) in [5.41, 5.74) is 0.474. The lowest BCUT2D eigenvalue weighted by Crippen LogP contribution is -2.28. The molecule has 20 heavy (non-hydrogen) atoms. The third-order valence-corrected chi connectivity index (χ3v) is 2.83. The molecule has 0 atom stereocenters. The van der Waals surface area contributed by atoms with E-state index in [1.54, 1.807) is 18.2 Å². The van der Waals surface area contributed by atoms with E-state index < -0.39 is 4.92 Å². The quantitative estimate of drug-likeness (QED) is 0.556. The number of nitro benzene ring substituents is 1. The van der Waals surface area contributed by atoms with Crippen LogP contribution in [0.3, 0.4) is 0 Å². The van der Waals surface area contributed by atoms with Gasteiger partial charge < -0.3 is 14.7 Å². The maximum absolute atomic E-state index is 11.4. The maximum atomic E-state index is 11.4. The average molecular weight is 282 g/mol. The van der Waals surface area contributed by atoms with Crippen LogP contribution in [0.4, 0.5) is 11.4 Å². The van der Waals surface area contributed by atoms with E-state index in [0.29, 0.717) is 25.4 Å². The molecule has 0 bridgehead atoms. The highest BCUT2D eigenvalue weighted by Crippen LogP contribution is 2.37. The minimum absolute atomic E-state index is 0.0251. The third-order valence-electron chi connectivity index (χ3n) is 2.83. The van der Waals surface area contributed by atoms with Gasteiger partial charge in [-0.05, 0) is 25.0 Å². The number of aliphatic hydroxyl groups is 1. The summed E-state index contributed by atoms with van der Waals surface area (Å²) in [6.45, 7) is 5.36. The van der Waals surface area contributed by atoms with Crippen LogP contribution < -0.4 is 9.64 Å². The van der Waals surface area contributed by atoms with Gasteiger partial charge in [0.15, 0.2) is 5.75 Å². The predicted molar refractivity (Wildman–Crippen MR) is 78.5 cm³/mol. The van der Waals surface area contributed by atoms with E-state index in [1.807, 2.05) is 18.7 Å². The number of hydrogen-bond donors (Lipinski definition) is 1. The second-order valence-electron chi connectivity index (χ2n) is 4.44. The van der Waals surface area contributed by atoms with E-state index in [0.717, 1.165) is 12.8 Å². The number of aliphatic hydroxyl groups excluding tert-OH is 1. The molecule has 1 aromatic carbocycles. The van der Waals surface area contributed by atoms with Crippen molar-refractivity contribution in [1.82, 2.24) is 0 Å². The van der Waals surface area contributed by atoms with Crippen molar-refractivity contribution in [2.75, 3.05) is 31.2 Å². The number of para-hydroxylation sites is 1. The van der Waals surface area contributed by atoms with Crippen LogP contribution in [0.2, 0.25) is 0 Å². The Hall–Kier alpha value is -1.82. The fourth-order valence-electron chi connectivity index (χ4n) is 2.02. The van der Waals surface area contributed by atoms with Crippen molar-refractivity contribution in [2.24, 2.45) is 0 Å². The van der Waals surface area contributed by atoms with Gasteiger partial charge in [-0.15, -0.1) is 0 Å². The minimum atomic E-state index is -0.416. The zero-order valence-corrected chi connectivity index (χ0v) is 12.0. The van der Waals surface area contributed by atoms with Crippen molar-refractivity contribution < 1.29 is 14.8 Å². The van der Waals surface area contributed by atoms with Crippen LogP contribution in [0.5, 0.6) is 5.75 Å². The smallest absolute Gasteiger partial charge is 0.333 e. The molecule has 0 radical (unpaired) electrons. The van der Waals surface area contributed by atoms with Gasteiger partial charge in [0.2, 0.25) is 0 Å². The van der Waals surface area contributed by atoms with Crippen LogP contribution in [0.15, 0.2) is 18.2 Å². The number of benzene rings is 1. The first kappa shape index (κ1) is 16.2. The van der Waals surface area contributed by atoms with E-state index in [-0.39, 0.29) is 18.0 Å². The number of nitrogens with zero attached hydrogens (tertiary/aromatic N) is 2. The molecule has 0 heterocycles. The van der Waals surface area contributed by atoms with Crippen molar-refractivity contribution in [1.29, 1.82) is 0 Å². The Labute approximate surface area is 119 Å². The second-order valence-corrected chi connectivity index (χ2v) is 4.44. The molecule has 0 aliphatic rings. The van der Waals surface area contributed by atoms with Crippen molar-refractivity contribution >= 4 is 11.4 Å². The van der Waals surface area contributed by atoms with Crippen LogP contribution in [-0.2, 0) is 0 Å². The second kappa shape index (κ2) is 8.37. The van der Waals surface area contributed by atoms with Gasteiger partial charge in [-0.25, -0.2) is 0 Å². The summed E-state index contributed by atoms with van der Waals surface area (Å²) in [6.07, 6.45) is 1.63. The molecule has 112 valence electrons. The lowest BCUT2D eigenvalue weighted by Gasteiger charge is -2.23. The van der Waals surface area contributed by atoms with Gasteiger partial charge in [-0.1, -0.05) is 19.9 Å². The predicted octanol–water partition coefficient (Wildman–Crippen LogP) is 2.59. The first-order chi connectivity index (χ1) is 9.65. The molecule has 0 aliphatic carbocycles. The van der Waals surface area contributed by atoms with Crippen LogP contribution in [0, 0.1) is 10.1 Å². The van der Waals surface area contributed by atoms with Crippen LogP contribution in [0.1, 0.15) is 26.7 Å². The number of hydrogen-bond acceptors (Lipinski definition) is 5. The fourth-order valence-corrected chi connectivity index (χ4v) is 2.02. The Morgan fingerprint density at radius 3 is 2.60 bits per heavy atom. The molecule has 0 saturated carbocycles. The lowest BCUT2D eigenvalue weighted by molar-refractivity contribution is -0.385. The Morgan fingerprint density at radius 1 is 1.30 bits per heavy atom. The van der Waals surface area contributed by atoms with E-state index in [4.69, 9.17) is 9.84 Å².